The Balaban J connectivity index is 1.90. The number of hydrogen-bond acceptors (Lipinski definition) is 5. The first-order valence-electron chi connectivity index (χ1n) is 12.4. The standard InChI is InChI=1S/C28H41NO4Si/c1-11-31-28(33-34(9,10)27(5,6)7)18-20-17-21-22(25(30-8)23(20)28)24(19-15-13-12-14-16-19)29(32-21)26(2,3)4/h12-17,24H,11,18H2,1-10H3. The molecule has 0 radical (unpaired) electrons. The van der Waals surface area contributed by atoms with E-state index in [1.807, 2.05) is 13.0 Å². The molecule has 5 nitrogen and oxygen atoms in total. The summed E-state index contributed by atoms with van der Waals surface area (Å²) in [5.74, 6) is 0.896. The molecule has 2 aromatic rings. The largest absolute Gasteiger partial charge is 0.496 e. The van der Waals surface area contributed by atoms with Gasteiger partial charge in [0.1, 0.15) is 11.8 Å². The molecule has 186 valence electrons. The lowest BCUT2D eigenvalue weighted by Crippen LogP contribution is -2.54. The van der Waals surface area contributed by atoms with Crippen LogP contribution in [0.2, 0.25) is 18.1 Å². The van der Waals surface area contributed by atoms with E-state index in [0.29, 0.717) is 13.0 Å². The van der Waals surface area contributed by atoms with Crippen molar-refractivity contribution in [3.63, 3.8) is 0 Å². The molecule has 0 bridgehead atoms. The molecule has 2 atom stereocenters. The van der Waals surface area contributed by atoms with E-state index in [2.05, 4.69) is 90.0 Å². The van der Waals surface area contributed by atoms with Gasteiger partial charge in [-0.3, -0.25) is 0 Å². The van der Waals surface area contributed by atoms with Crippen LogP contribution in [0.3, 0.4) is 0 Å². The maximum absolute atomic E-state index is 7.01. The second kappa shape index (κ2) is 8.37. The lowest BCUT2D eigenvalue weighted by Gasteiger charge is -2.51. The summed E-state index contributed by atoms with van der Waals surface area (Å²) in [6, 6.07) is 12.6. The van der Waals surface area contributed by atoms with Crippen molar-refractivity contribution < 1.29 is 18.7 Å². The summed E-state index contributed by atoms with van der Waals surface area (Å²) < 4.78 is 19.6. The number of methoxy groups -OCH3 is 1. The molecule has 1 aliphatic heterocycles. The monoisotopic (exact) mass is 483 g/mol. The summed E-state index contributed by atoms with van der Waals surface area (Å²) in [4.78, 5) is 6.51. The summed E-state index contributed by atoms with van der Waals surface area (Å²) in [6.45, 7) is 20.5. The maximum atomic E-state index is 7.01. The van der Waals surface area contributed by atoms with Crippen molar-refractivity contribution in [1.82, 2.24) is 5.06 Å². The molecule has 0 aromatic heterocycles. The van der Waals surface area contributed by atoms with Crippen molar-refractivity contribution in [3.05, 3.63) is 58.7 Å². The molecule has 2 unspecified atom stereocenters. The van der Waals surface area contributed by atoms with Crippen LogP contribution in [0.1, 0.15) is 76.8 Å². The number of benzene rings is 2. The van der Waals surface area contributed by atoms with Gasteiger partial charge in [-0.25, -0.2) is 0 Å². The van der Waals surface area contributed by atoms with E-state index < -0.39 is 14.1 Å². The van der Waals surface area contributed by atoms with E-state index in [-0.39, 0.29) is 16.6 Å². The van der Waals surface area contributed by atoms with Crippen LogP contribution in [-0.2, 0) is 21.4 Å². The lowest BCUT2D eigenvalue weighted by atomic mass is 9.78. The third kappa shape index (κ3) is 3.98. The van der Waals surface area contributed by atoms with Gasteiger partial charge in [0.15, 0.2) is 19.9 Å². The van der Waals surface area contributed by atoms with Crippen molar-refractivity contribution in [1.29, 1.82) is 0 Å². The first-order chi connectivity index (χ1) is 15.8. The predicted octanol–water partition coefficient (Wildman–Crippen LogP) is 6.96. The average Bonchev–Trinajstić information content (AvgIpc) is 3.11. The summed E-state index contributed by atoms with van der Waals surface area (Å²) >= 11 is 0. The van der Waals surface area contributed by atoms with Gasteiger partial charge >= 0.3 is 0 Å². The van der Waals surface area contributed by atoms with Gasteiger partial charge in [-0.15, -0.1) is 5.06 Å². The summed E-state index contributed by atoms with van der Waals surface area (Å²) in [5, 5.41) is 2.15. The fraction of sp³-hybridized carbons (Fsp3) is 0.571. The molecule has 0 spiro atoms. The van der Waals surface area contributed by atoms with Crippen molar-refractivity contribution in [3.8, 4) is 11.5 Å². The minimum Gasteiger partial charge on any atom is -0.496 e. The van der Waals surface area contributed by atoms with Crippen LogP contribution >= 0.6 is 0 Å². The van der Waals surface area contributed by atoms with Gasteiger partial charge < -0.3 is 18.7 Å². The zero-order valence-corrected chi connectivity index (χ0v) is 23.5. The number of hydrogen-bond donors (Lipinski definition) is 0. The molecular formula is C28H41NO4Si. The first kappa shape index (κ1) is 25.2. The average molecular weight is 484 g/mol. The first-order valence-corrected chi connectivity index (χ1v) is 15.3. The highest BCUT2D eigenvalue weighted by atomic mass is 28.4. The number of rotatable bonds is 6. The topological polar surface area (TPSA) is 40.2 Å². The van der Waals surface area contributed by atoms with Crippen LogP contribution in [-0.4, -0.2) is 32.6 Å². The fourth-order valence-electron chi connectivity index (χ4n) is 4.81. The number of ether oxygens (including phenoxy) is 2. The normalized spacial score (nSPS) is 22.6. The van der Waals surface area contributed by atoms with Crippen molar-refractivity contribution >= 4 is 8.32 Å². The van der Waals surface area contributed by atoms with E-state index in [0.717, 1.165) is 22.6 Å². The van der Waals surface area contributed by atoms with E-state index in [1.54, 1.807) is 7.11 Å². The van der Waals surface area contributed by atoms with Gasteiger partial charge in [0, 0.05) is 18.6 Å². The third-order valence-corrected chi connectivity index (χ3v) is 11.9. The molecule has 0 N–H and O–H groups in total. The van der Waals surface area contributed by atoms with Crippen LogP contribution in [0.15, 0.2) is 36.4 Å². The van der Waals surface area contributed by atoms with Crippen LogP contribution in [0.4, 0.5) is 0 Å². The summed E-state index contributed by atoms with van der Waals surface area (Å²) in [6.07, 6.45) is 0.696. The zero-order valence-electron chi connectivity index (χ0n) is 22.5. The van der Waals surface area contributed by atoms with E-state index >= 15 is 0 Å². The van der Waals surface area contributed by atoms with Crippen LogP contribution in [0, 0.1) is 0 Å². The molecule has 6 heteroatoms. The van der Waals surface area contributed by atoms with Crippen molar-refractivity contribution in [2.45, 2.75) is 90.4 Å². The molecule has 0 amide bonds. The number of fused-ring (bicyclic) bond motifs is 2. The Kier molecular flexibility index (Phi) is 6.21. The molecule has 1 aliphatic carbocycles. The van der Waals surface area contributed by atoms with Gasteiger partial charge in [0.05, 0.1) is 18.2 Å². The molecular weight excluding hydrogens is 442 g/mol. The maximum Gasteiger partial charge on any atom is 0.196 e. The molecule has 0 fully saturated rings. The van der Waals surface area contributed by atoms with E-state index in [1.165, 1.54) is 11.1 Å². The molecule has 0 saturated carbocycles. The van der Waals surface area contributed by atoms with Crippen molar-refractivity contribution in [2.75, 3.05) is 13.7 Å². The number of hydroxylamine groups is 2. The fourth-order valence-corrected chi connectivity index (χ4v) is 6.18. The molecule has 0 saturated heterocycles. The Bertz CT molecular complexity index is 1050. The van der Waals surface area contributed by atoms with Gasteiger partial charge in [0.25, 0.3) is 0 Å². The highest BCUT2D eigenvalue weighted by molar-refractivity contribution is 6.74. The van der Waals surface area contributed by atoms with Gasteiger partial charge in [-0.05, 0) is 63.0 Å². The number of nitrogens with zero attached hydrogens (tertiary/aromatic N) is 1. The third-order valence-electron chi connectivity index (χ3n) is 7.46. The second-order valence-electron chi connectivity index (χ2n) is 12.0. The minimum atomic E-state index is -2.12. The summed E-state index contributed by atoms with van der Waals surface area (Å²) in [7, 11) is -0.375. The molecule has 2 aromatic carbocycles. The smallest absolute Gasteiger partial charge is 0.196 e. The van der Waals surface area contributed by atoms with Crippen LogP contribution in [0.25, 0.3) is 0 Å². The highest BCUT2D eigenvalue weighted by Gasteiger charge is 2.56. The van der Waals surface area contributed by atoms with Gasteiger partial charge in [-0.1, -0.05) is 51.1 Å². The zero-order chi connectivity index (χ0) is 25.1. The quantitative estimate of drug-likeness (QED) is 0.328. The SMILES string of the molecule is CCOC1(O[Si](C)(C)C(C)(C)C)Cc2cc3c(c(OC)c21)C(c1ccccc1)N(C(C)(C)C)O3. The van der Waals surface area contributed by atoms with Crippen LogP contribution < -0.4 is 9.57 Å². The Morgan fingerprint density at radius 3 is 2.26 bits per heavy atom. The van der Waals surface area contributed by atoms with Gasteiger partial charge in [0.2, 0.25) is 0 Å². The predicted molar refractivity (Wildman–Crippen MR) is 139 cm³/mol. The highest BCUT2D eigenvalue weighted by Crippen LogP contribution is 2.59. The summed E-state index contributed by atoms with van der Waals surface area (Å²) in [5.41, 5.74) is 4.20. The van der Waals surface area contributed by atoms with E-state index in [9.17, 15) is 0 Å². The minimum absolute atomic E-state index is 0.0650. The Hall–Kier alpha value is -1.86. The molecule has 1 heterocycles. The molecule has 4 rings (SSSR count). The lowest BCUT2D eigenvalue weighted by molar-refractivity contribution is -0.213. The Morgan fingerprint density at radius 1 is 1.09 bits per heavy atom. The van der Waals surface area contributed by atoms with Crippen molar-refractivity contribution in [2.24, 2.45) is 0 Å². The van der Waals surface area contributed by atoms with E-state index in [4.69, 9.17) is 18.7 Å². The Labute approximate surface area is 206 Å². The molecule has 34 heavy (non-hydrogen) atoms. The Morgan fingerprint density at radius 2 is 1.74 bits per heavy atom. The second-order valence-corrected chi connectivity index (χ2v) is 16.7. The molecule has 2 aliphatic rings. The van der Waals surface area contributed by atoms with Gasteiger partial charge in [-0.2, -0.15) is 0 Å². The van der Waals surface area contributed by atoms with Crippen LogP contribution in [0.5, 0.6) is 11.5 Å².